The molecule has 0 saturated heterocycles. The third kappa shape index (κ3) is 1.70. The molecule has 1 aromatic rings. The van der Waals surface area contributed by atoms with Crippen molar-refractivity contribution in [2.24, 2.45) is 0 Å². The molecule has 66 valence electrons. The van der Waals surface area contributed by atoms with Crippen molar-refractivity contribution in [1.29, 1.82) is 0 Å². The first kappa shape index (κ1) is 8.91. The Labute approximate surface area is 73.8 Å². The van der Waals surface area contributed by atoms with Crippen LogP contribution in [0.2, 0.25) is 0 Å². The molecule has 0 bridgehead atoms. The molecule has 2 heteroatoms. The van der Waals surface area contributed by atoms with Gasteiger partial charge in [-0.2, -0.15) is 0 Å². The molecule has 0 N–H and O–H groups in total. The van der Waals surface area contributed by atoms with Crippen molar-refractivity contribution < 1.29 is 4.74 Å². The molecule has 0 amide bonds. The van der Waals surface area contributed by atoms with Crippen LogP contribution >= 0.6 is 0 Å². The van der Waals surface area contributed by atoms with Crippen LogP contribution in [0, 0.1) is 6.92 Å². The number of anilines is 1. The summed E-state index contributed by atoms with van der Waals surface area (Å²) in [5.41, 5.74) is 2.33. The van der Waals surface area contributed by atoms with E-state index in [1.807, 2.05) is 27.1 Å². The van der Waals surface area contributed by atoms with E-state index in [0.717, 1.165) is 11.4 Å². The molecule has 0 unspecified atom stereocenters. The molecule has 1 aromatic carbocycles. The Morgan fingerprint density at radius 1 is 1.25 bits per heavy atom. The first-order valence-electron chi connectivity index (χ1n) is 3.97. The molecule has 0 spiro atoms. The molecule has 0 saturated carbocycles. The Hall–Kier alpha value is -1.18. The lowest BCUT2D eigenvalue weighted by Gasteiger charge is -2.14. The van der Waals surface area contributed by atoms with Crippen LogP contribution in [0.25, 0.3) is 0 Å². The summed E-state index contributed by atoms with van der Waals surface area (Å²) < 4.78 is 5.21. The van der Waals surface area contributed by atoms with Crippen molar-refractivity contribution >= 4 is 5.69 Å². The van der Waals surface area contributed by atoms with Gasteiger partial charge in [0.25, 0.3) is 0 Å². The second-order valence-electron chi connectivity index (χ2n) is 3.05. The molecule has 2 nitrogen and oxygen atoms in total. The normalized spacial score (nSPS) is 9.67. The van der Waals surface area contributed by atoms with Crippen molar-refractivity contribution in [3.8, 4) is 5.75 Å². The Morgan fingerprint density at radius 3 is 2.42 bits per heavy atom. The first-order valence-corrected chi connectivity index (χ1v) is 3.97. The zero-order valence-corrected chi connectivity index (χ0v) is 8.09. The van der Waals surface area contributed by atoms with Crippen molar-refractivity contribution in [1.82, 2.24) is 0 Å². The highest BCUT2D eigenvalue weighted by Gasteiger charge is 2.00. The van der Waals surface area contributed by atoms with Gasteiger partial charge in [0.15, 0.2) is 0 Å². The van der Waals surface area contributed by atoms with Crippen molar-refractivity contribution in [2.45, 2.75) is 6.92 Å². The molecule has 1 rings (SSSR count). The lowest BCUT2D eigenvalue weighted by atomic mass is 10.2. The van der Waals surface area contributed by atoms with Crippen LogP contribution < -0.4 is 9.64 Å². The fraction of sp³-hybridized carbons (Fsp3) is 0.400. The smallest absolute Gasteiger partial charge is 0.123 e. The van der Waals surface area contributed by atoms with Crippen molar-refractivity contribution in [3.63, 3.8) is 0 Å². The van der Waals surface area contributed by atoms with E-state index in [1.165, 1.54) is 5.56 Å². The van der Waals surface area contributed by atoms with Gasteiger partial charge in [0.1, 0.15) is 5.75 Å². The summed E-state index contributed by atoms with van der Waals surface area (Å²) >= 11 is 0. The molecule has 0 fully saturated rings. The van der Waals surface area contributed by atoms with Crippen LogP contribution in [0.3, 0.4) is 0 Å². The monoisotopic (exact) mass is 165 g/mol. The van der Waals surface area contributed by atoms with Crippen LogP contribution in [0.4, 0.5) is 5.69 Å². The number of nitrogens with zero attached hydrogens (tertiary/aromatic N) is 1. The number of methoxy groups -OCH3 is 1. The molecule has 0 radical (unpaired) electrons. The molecule has 0 atom stereocenters. The lowest BCUT2D eigenvalue weighted by molar-refractivity contribution is 0.412. The maximum atomic E-state index is 5.21. The largest absolute Gasteiger partial charge is 0.496 e. The van der Waals surface area contributed by atoms with E-state index in [4.69, 9.17) is 4.74 Å². The summed E-state index contributed by atoms with van der Waals surface area (Å²) in [6.45, 7) is 2.04. The Morgan fingerprint density at radius 2 is 1.92 bits per heavy atom. The van der Waals surface area contributed by atoms with Crippen LogP contribution in [-0.4, -0.2) is 21.2 Å². The minimum atomic E-state index is 0.946. The van der Waals surface area contributed by atoms with Gasteiger partial charge in [-0.05, 0) is 18.6 Å². The number of rotatable bonds is 2. The van der Waals surface area contributed by atoms with Crippen LogP contribution in [0.5, 0.6) is 5.75 Å². The fourth-order valence-electron chi connectivity index (χ4n) is 1.09. The number of aryl methyl sites for hydroxylation is 1. The molecule has 0 aliphatic carbocycles. The van der Waals surface area contributed by atoms with Crippen molar-refractivity contribution in [3.05, 3.63) is 23.8 Å². The minimum Gasteiger partial charge on any atom is -0.496 e. The van der Waals surface area contributed by atoms with Crippen molar-refractivity contribution in [2.75, 3.05) is 26.1 Å². The van der Waals surface area contributed by atoms with Gasteiger partial charge >= 0.3 is 0 Å². The van der Waals surface area contributed by atoms with Gasteiger partial charge in [0.2, 0.25) is 0 Å². The molecule has 12 heavy (non-hydrogen) atoms. The SMILES string of the molecule is COc1cc(N(C)C)ccc1C. The summed E-state index contributed by atoms with van der Waals surface area (Å²) in [7, 11) is 5.73. The quantitative estimate of drug-likeness (QED) is 0.665. The Balaban J connectivity index is 3.05. The maximum absolute atomic E-state index is 5.21. The summed E-state index contributed by atoms with van der Waals surface area (Å²) in [5.74, 6) is 0.946. The molecular weight excluding hydrogens is 150 g/mol. The summed E-state index contributed by atoms with van der Waals surface area (Å²) in [6, 6.07) is 6.18. The van der Waals surface area contributed by atoms with E-state index in [9.17, 15) is 0 Å². The Bertz CT molecular complexity index is 269. The first-order chi connectivity index (χ1) is 5.65. The van der Waals surface area contributed by atoms with Crippen LogP contribution in [0.15, 0.2) is 18.2 Å². The highest BCUT2D eigenvalue weighted by Crippen LogP contribution is 2.23. The third-order valence-corrected chi connectivity index (χ3v) is 1.91. The second kappa shape index (κ2) is 3.48. The predicted octanol–water partition coefficient (Wildman–Crippen LogP) is 2.07. The minimum absolute atomic E-state index is 0.946. The number of hydrogen-bond donors (Lipinski definition) is 0. The summed E-state index contributed by atoms with van der Waals surface area (Å²) in [4.78, 5) is 2.06. The van der Waals surface area contributed by atoms with Crippen LogP contribution in [0.1, 0.15) is 5.56 Å². The van der Waals surface area contributed by atoms with E-state index < -0.39 is 0 Å². The number of hydrogen-bond acceptors (Lipinski definition) is 2. The predicted molar refractivity (Wildman–Crippen MR) is 52.1 cm³/mol. The average Bonchev–Trinajstić information content (AvgIpc) is 2.05. The second-order valence-corrected chi connectivity index (χ2v) is 3.05. The standard InChI is InChI=1S/C10H15NO/c1-8-5-6-9(11(2)3)7-10(8)12-4/h5-7H,1-4H3. The highest BCUT2D eigenvalue weighted by molar-refractivity contribution is 5.52. The van der Waals surface area contributed by atoms with Gasteiger partial charge in [0.05, 0.1) is 7.11 Å². The molecule has 0 aliphatic heterocycles. The van der Waals surface area contributed by atoms with Gasteiger partial charge in [-0.1, -0.05) is 6.07 Å². The van der Waals surface area contributed by atoms with E-state index in [0.29, 0.717) is 0 Å². The van der Waals surface area contributed by atoms with Gasteiger partial charge in [0, 0.05) is 25.8 Å². The fourth-order valence-corrected chi connectivity index (χ4v) is 1.09. The molecule has 0 aliphatic rings. The summed E-state index contributed by atoms with van der Waals surface area (Å²) in [5, 5.41) is 0. The van der Waals surface area contributed by atoms with E-state index in [2.05, 4.69) is 17.0 Å². The van der Waals surface area contributed by atoms with E-state index in [1.54, 1.807) is 7.11 Å². The molecular formula is C10H15NO. The highest BCUT2D eigenvalue weighted by atomic mass is 16.5. The number of ether oxygens (including phenoxy) is 1. The topological polar surface area (TPSA) is 12.5 Å². The molecule has 0 heterocycles. The van der Waals surface area contributed by atoms with Gasteiger partial charge in [-0.15, -0.1) is 0 Å². The third-order valence-electron chi connectivity index (χ3n) is 1.91. The van der Waals surface area contributed by atoms with Crippen LogP contribution in [-0.2, 0) is 0 Å². The van der Waals surface area contributed by atoms with Gasteiger partial charge in [-0.3, -0.25) is 0 Å². The Kier molecular flexibility index (Phi) is 2.58. The number of benzene rings is 1. The van der Waals surface area contributed by atoms with E-state index in [-0.39, 0.29) is 0 Å². The van der Waals surface area contributed by atoms with E-state index >= 15 is 0 Å². The van der Waals surface area contributed by atoms with Gasteiger partial charge in [-0.25, -0.2) is 0 Å². The average molecular weight is 165 g/mol. The zero-order chi connectivity index (χ0) is 9.14. The molecule has 0 aromatic heterocycles. The van der Waals surface area contributed by atoms with Gasteiger partial charge < -0.3 is 9.64 Å². The maximum Gasteiger partial charge on any atom is 0.123 e. The summed E-state index contributed by atoms with van der Waals surface area (Å²) in [6.07, 6.45) is 0. The zero-order valence-electron chi connectivity index (χ0n) is 8.09. The lowest BCUT2D eigenvalue weighted by Crippen LogP contribution is -2.08.